The first kappa shape index (κ1) is 21.6. The van der Waals surface area contributed by atoms with Gasteiger partial charge in [-0.25, -0.2) is 13.1 Å². The molecule has 1 saturated heterocycles. The third-order valence-corrected chi connectivity index (χ3v) is 5.67. The summed E-state index contributed by atoms with van der Waals surface area (Å²) in [7, 11) is -2.59. The molecule has 8 nitrogen and oxygen atoms in total. The highest BCUT2D eigenvalue weighted by Crippen LogP contribution is 2.28. The van der Waals surface area contributed by atoms with Gasteiger partial charge in [0, 0.05) is 6.04 Å². The lowest BCUT2D eigenvalue weighted by Crippen LogP contribution is -2.44. The number of nitrogens with one attached hydrogen (secondary N) is 1. The molecule has 10 heteroatoms. The Morgan fingerprint density at radius 2 is 2.00 bits per heavy atom. The molecule has 1 fully saturated rings. The van der Waals surface area contributed by atoms with Gasteiger partial charge in [0.2, 0.25) is 10.0 Å². The van der Waals surface area contributed by atoms with Crippen molar-refractivity contribution in [2.75, 3.05) is 26.7 Å². The van der Waals surface area contributed by atoms with Crippen LogP contribution in [0.4, 0.5) is 5.69 Å². The summed E-state index contributed by atoms with van der Waals surface area (Å²) in [6, 6.07) is 3.54. The summed E-state index contributed by atoms with van der Waals surface area (Å²) in [5.74, 6) is 0.244. The molecule has 142 valence electrons. The number of sulfonamides is 1. The van der Waals surface area contributed by atoms with Crippen LogP contribution in [-0.4, -0.2) is 51.0 Å². The second-order valence-corrected chi connectivity index (χ2v) is 7.51. The minimum atomic E-state index is -3.96. The standard InChI is InChI=1S/C15H23N3O5S.ClH/c1-3-8-17-9-6-12(7-10-17)16-24(21,22)15-5-4-13(23-2)11-14(15)18(19)20;/h4-5,11-12,16H,3,6-10H2,1-2H3;1H. The van der Waals surface area contributed by atoms with E-state index in [1.165, 1.54) is 19.2 Å². The maximum Gasteiger partial charge on any atom is 0.293 e. The summed E-state index contributed by atoms with van der Waals surface area (Å²) < 4.78 is 32.7. The van der Waals surface area contributed by atoms with Gasteiger partial charge in [-0.2, -0.15) is 0 Å². The topological polar surface area (TPSA) is 102 Å². The molecule has 0 amide bonds. The number of rotatable bonds is 7. The summed E-state index contributed by atoms with van der Waals surface area (Å²) in [6.07, 6.45) is 2.46. The Morgan fingerprint density at radius 3 is 2.52 bits per heavy atom. The molecule has 0 atom stereocenters. The molecule has 0 saturated carbocycles. The Bertz CT molecular complexity index is 690. The highest BCUT2D eigenvalue weighted by atomic mass is 35.5. The number of nitro benzene ring substituents is 1. The van der Waals surface area contributed by atoms with Gasteiger partial charge in [0.25, 0.3) is 5.69 Å². The highest BCUT2D eigenvalue weighted by molar-refractivity contribution is 7.89. The largest absolute Gasteiger partial charge is 0.497 e. The van der Waals surface area contributed by atoms with E-state index in [1.54, 1.807) is 0 Å². The lowest BCUT2D eigenvalue weighted by atomic mass is 10.1. The SMILES string of the molecule is CCCN1CCC(NS(=O)(=O)c2ccc(OC)cc2[N+](=O)[O-])CC1.Cl. The molecular weight excluding hydrogens is 370 g/mol. The molecule has 0 aromatic heterocycles. The van der Waals surface area contributed by atoms with Crippen LogP contribution in [-0.2, 0) is 10.0 Å². The van der Waals surface area contributed by atoms with Crippen molar-refractivity contribution in [3.8, 4) is 5.75 Å². The van der Waals surface area contributed by atoms with Crippen LogP contribution in [0.15, 0.2) is 23.1 Å². The minimum Gasteiger partial charge on any atom is -0.497 e. The Kier molecular flexibility index (Phi) is 8.07. The molecule has 2 rings (SSSR count). The third kappa shape index (κ3) is 5.53. The highest BCUT2D eigenvalue weighted by Gasteiger charge is 2.30. The Hall–Kier alpha value is -1.42. The van der Waals surface area contributed by atoms with E-state index in [-0.39, 0.29) is 29.1 Å². The number of hydrogen-bond donors (Lipinski definition) is 1. The molecule has 25 heavy (non-hydrogen) atoms. The average molecular weight is 394 g/mol. The predicted octanol–water partition coefficient (Wildman–Crippen LogP) is 2.18. The van der Waals surface area contributed by atoms with Crippen LogP contribution in [0.5, 0.6) is 5.75 Å². The zero-order valence-electron chi connectivity index (χ0n) is 14.3. The fourth-order valence-electron chi connectivity index (χ4n) is 2.87. The van der Waals surface area contributed by atoms with Gasteiger partial charge in [-0.05, 0) is 51.0 Å². The maximum atomic E-state index is 12.6. The summed E-state index contributed by atoms with van der Waals surface area (Å²) >= 11 is 0. The number of hydrogen-bond acceptors (Lipinski definition) is 6. The minimum absolute atomic E-state index is 0. The quantitative estimate of drug-likeness (QED) is 0.562. The normalized spacial score (nSPS) is 16.2. The lowest BCUT2D eigenvalue weighted by Gasteiger charge is -2.31. The van der Waals surface area contributed by atoms with Crippen LogP contribution in [0.1, 0.15) is 26.2 Å². The molecule has 1 aromatic carbocycles. The number of piperidine rings is 1. The number of nitrogens with zero attached hydrogens (tertiary/aromatic N) is 2. The van der Waals surface area contributed by atoms with Gasteiger partial charge in [0.15, 0.2) is 4.90 Å². The summed E-state index contributed by atoms with van der Waals surface area (Å²) in [4.78, 5) is 12.5. The molecule has 0 unspecified atom stereocenters. The van der Waals surface area contributed by atoms with Crippen molar-refractivity contribution in [1.82, 2.24) is 9.62 Å². The fourth-order valence-corrected chi connectivity index (χ4v) is 4.33. The number of benzene rings is 1. The van der Waals surface area contributed by atoms with Crippen LogP contribution in [0.2, 0.25) is 0 Å². The molecule has 0 bridgehead atoms. The predicted molar refractivity (Wildman–Crippen MR) is 97.0 cm³/mol. The van der Waals surface area contributed by atoms with Crippen molar-refractivity contribution in [2.24, 2.45) is 0 Å². The Labute approximate surface area is 154 Å². The van der Waals surface area contributed by atoms with Gasteiger partial charge in [0.05, 0.1) is 18.1 Å². The molecule has 0 radical (unpaired) electrons. The lowest BCUT2D eigenvalue weighted by molar-refractivity contribution is -0.387. The van der Waals surface area contributed by atoms with Gasteiger partial charge in [-0.15, -0.1) is 12.4 Å². The van der Waals surface area contributed by atoms with Gasteiger partial charge in [-0.1, -0.05) is 6.92 Å². The van der Waals surface area contributed by atoms with Gasteiger partial charge in [0.1, 0.15) is 5.75 Å². The molecule has 1 aromatic rings. The number of ether oxygens (including phenoxy) is 1. The maximum absolute atomic E-state index is 12.6. The second-order valence-electron chi connectivity index (χ2n) is 5.83. The van der Waals surface area contributed by atoms with Crippen LogP contribution in [0.25, 0.3) is 0 Å². The van der Waals surface area contributed by atoms with E-state index in [2.05, 4.69) is 16.5 Å². The van der Waals surface area contributed by atoms with E-state index < -0.39 is 20.6 Å². The number of methoxy groups -OCH3 is 1. The first-order chi connectivity index (χ1) is 11.4. The number of likely N-dealkylation sites (tertiary alicyclic amines) is 1. The van der Waals surface area contributed by atoms with Crippen LogP contribution in [0.3, 0.4) is 0 Å². The second kappa shape index (κ2) is 9.33. The molecule has 1 heterocycles. The number of halogens is 1. The number of nitro groups is 1. The van der Waals surface area contributed by atoms with Crippen LogP contribution >= 0.6 is 12.4 Å². The zero-order chi connectivity index (χ0) is 17.7. The van der Waals surface area contributed by atoms with E-state index in [9.17, 15) is 18.5 Å². The van der Waals surface area contributed by atoms with Crippen LogP contribution < -0.4 is 9.46 Å². The van der Waals surface area contributed by atoms with Gasteiger partial charge >= 0.3 is 0 Å². The van der Waals surface area contributed by atoms with Crippen molar-refractivity contribution < 1.29 is 18.1 Å². The molecule has 1 aliphatic heterocycles. The monoisotopic (exact) mass is 393 g/mol. The summed E-state index contributed by atoms with van der Waals surface area (Å²) in [5.41, 5.74) is -0.481. The molecule has 0 aliphatic carbocycles. The van der Waals surface area contributed by atoms with Gasteiger partial charge < -0.3 is 9.64 Å². The smallest absolute Gasteiger partial charge is 0.293 e. The third-order valence-electron chi connectivity index (χ3n) is 4.10. The van der Waals surface area contributed by atoms with E-state index in [1.807, 2.05) is 0 Å². The van der Waals surface area contributed by atoms with E-state index >= 15 is 0 Å². The summed E-state index contributed by atoms with van der Waals surface area (Å²) in [5, 5.41) is 11.2. The average Bonchev–Trinajstić information content (AvgIpc) is 2.56. The Morgan fingerprint density at radius 1 is 1.36 bits per heavy atom. The van der Waals surface area contributed by atoms with Crippen molar-refractivity contribution >= 4 is 28.1 Å². The van der Waals surface area contributed by atoms with Gasteiger partial charge in [-0.3, -0.25) is 10.1 Å². The van der Waals surface area contributed by atoms with Crippen molar-refractivity contribution in [3.05, 3.63) is 28.3 Å². The van der Waals surface area contributed by atoms with Crippen molar-refractivity contribution in [3.63, 3.8) is 0 Å². The van der Waals surface area contributed by atoms with Crippen LogP contribution in [0, 0.1) is 10.1 Å². The molecule has 1 N–H and O–H groups in total. The molecular formula is C15H24ClN3O5S. The fraction of sp³-hybridized carbons (Fsp3) is 0.600. The molecule has 1 aliphatic rings. The zero-order valence-corrected chi connectivity index (χ0v) is 15.9. The molecule has 0 spiro atoms. The van der Waals surface area contributed by atoms with E-state index in [4.69, 9.17) is 4.74 Å². The first-order valence-corrected chi connectivity index (χ1v) is 9.42. The van der Waals surface area contributed by atoms with Crippen molar-refractivity contribution in [1.29, 1.82) is 0 Å². The van der Waals surface area contributed by atoms with E-state index in [0.717, 1.165) is 32.1 Å². The van der Waals surface area contributed by atoms with Crippen molar-refractivity contribution in [2.45, 2.75) is 37.1 Å². The Balaban J connectivity index is 0.00000312. The summed E-state index contributed by atoms with van der Waals surface area (Å²) in [6.45, 7) is 4.76. The van der Waals surface area contributed by atoms with E-state index in [0.29, 0.717) is 12.8 Å². The first-order valence-electron chi connectivity index (χ1n) is 7.94.